The Kier molecular flexibility index (Phi) is 4.71. The number of amides is 1. The van der Waals surface area contributed by atoms with Gasteiger partial charge >= 0.3 is 12.1 Å². The Balaban J connectivity index is 1.62. The number of rotatable bonds is 5. The SMILES string of the molecule is O=C(O)Cc1ccc(NC(=O)C2CC2c2cccc(C(F)(F)F)c2)cc1. The average molecular weight is 363 g/mol. The van der Waals surface area contributed by atoms with E-state index in [9.17, 15) is 22.8 Å². The van der Waals surface area contributed by atoms with Gasteiger partial charge in [0.15, 0.2) is 0 Å². The minimum atomic E-state index is -4.40. The maximum absolute atomic E-state index is 12.8. The number of carbonyl (C=O) groups is 2. The summed E-state index contributed by atoms with van der Waals surface area (Å²) in [5, 5.41) is 11.5. The van der Waals surface area contributed by atoms with Crippen molar-refractivity contribution in [3.63, 3.8) is 0 Å². The van der Waals surface area contributed by atoms with Crippen LogP contribution >= 0.6 is 0 Å². The number of nitrogens with one attached hydrogen (secondary N) is 1. The number of alkyl halides is 3. The van der Waals surface area contributed by atoms with Crippen LogP contribution in [0.2, 0.25) is 0 Å². The van der Waals surface area contributed by atoms with Crippen LogP contribution in [0.25, 0.3) is 0 Å². The third-order valence-electron chi connectivity index (χ3n) is 4.35. The molecule has 2 aromatic rings. The third kappa shape index (κ3) is 4.22. The third-order valence-corrected chi connectivity index (χ3v) is 4.35. The van der Waals surface area contributed by atoms with E-state index >= 15 is 0 Å². The molecule has 0 heterocycles. The summed E-state index contributed by atoms with van der Waals surface area (Å²) in [4.78, 5) is 22.9. The maximum atomic E-state index is 12.8. The minimum Gasteiger partial charge on any atom is -0.481 e. The molecule has 0 aromatic heterocycles. The first-order valence-corrected chi connectivity index (χ1v) is 8.03. The van der Waals surface area contributed by atoms with Gasteiger partial charge in [0.1, 0.15) is 0 Å². The molecule has 1 aliphatic carbocycles. The summed E-state index contributed by atoms with van der Waals surface area (Å²) in [5.41, 5.74) is 0.939. The monoisotopic (exact) mass is 363 g/mol. The van der Waals surface area contributed by atoms with Crippen LogP contribution in [0.4, 0.5) is 18.9 Å². The molecule has 0 saturated heterocycles. The second-order valence-corrected chi connectivity index (χ2v) is 6.33. The largest absolute Gasteiger partial charge is 0.481 e. The Hall–Kier alpha value is -2.83. The van der Waals surface area contributed by atoms with E-state index in [0.29, 0.717) is 23.2 Å². The fourth-order valence-electron chi connectivity index (χ4n) is 2.91. The molecule has 0 aliphatic heterocycles. The van der Waals surface area contributed by atoms with Crippen molar-refractivity contribution in [3.8, 4) is 0 Å². The molecule has 2 atom stereocenters. The van der Waals surface area contributed by atoms with Crippen molar-refractivity contribution in [2.24, 2.45) is 5.92 Å². The van der Waals surface area contributed by atoms with Gasteiger partial charge in [-0.2, -0.15) is 13.2 Å². The second-order valence-electron chi connectivity index (χ2n) is 6.33. The van der Waals surface area contributed by atoms with E-state index in [-0.39, 0.29) is 24.2 Å². The van der Waals surface area contributed by atoms with Crippen molar-refractivity contribution in [1.82, 2.24) is 0 Å². The predicted molar refractivity (Wildman–Crippen MR) is 88.7 cm³/mol. The Morgan fingerprint density at radius 2 is 1.81 bits per heavy atom. The first-order chi connectivity index (χ1) is 12.2. The highest BCUT2D eigenvalue weighted by Gasteiger charge is 2.44. The second kappa shape index (κ2) is 6.82. The van der Waals surface area contributed by atoms with Crippen LogP contribution in [0.1, 0.15) is 29.0 Å². The topological polar surface area (TPSA) is 66.4 Å². The number of carboxylic acids is 1. The normalized spacial score (nSPS) is 19.0. The van der Waals surface area contributed by atoms with Gasteiger partial charge in [-0.05, 0) is 41.7 Å². The standard InChI is InChI=1S/C19H16F3NO3/c20-19(21,22)13-3-1-2-12(9-13)15-10-16(15)18(26)23-14-6-4-11(5-7-14)8-17(24)25/h1-7,9,15-16H,8,10H2,(H,23,26)(H,24,25). The molecule has 0 radical (unpaired) electrons. The molecule has 1 amide bonds. The quantitative estimate of drug-likeness (QED) is 0.841. The summed E-state index contributed by atoms with van der Waals surface area (Å²) in [5.74, 6) is -1.78. The van der Waals surface area contributed by atoms with Gasteiger partial charge in [0.25, 0.3) is 0 Å². The van der Waals surface area contributed by atoms with Gasteiger partial charge in [0, 0.05) is 11.6 Å². The Labute approximate surface area is 147 Å². The van der Waals surface area contributed by atoms with E-state index in [1.54, 1.807) is 30.3 Å². The first-order valence-electron chi connectivity index (χ1n) is 8.03. The smallest absolute Gasteiger partial charge is 0.416 e. The fraction of sp³-hybridized carbons (Fsp3) is 0.263. The minimum absolute atomic E-state index is 0.103. The van der Waals surface area contributed by atoms with E-state index in [4.69, 9.17) is 5.11 Å². The summed E-state index contributed by atoms with van der Waals surface area (Å²) < 4.78 is 38.4. The molecule has 2 aromatic carbocycles. The highest BCUT2D eigenvalue weighted by molar-refractivity contribution is 5.95. The van der Waals surface area contributed by atoms with E-state index in [2.05, 4.69) is 5.32 Å². The number of carbonyl (C=O) groups excluding carboxylic acids is 1. The highest BCUT2D eigenvalue weighted by atomic mass is 19.4. The number of anilines is 1. The molecule has 136 valence electrons. The van der Waals surface area contributed by atoms with Gasteiger partial charge < -0.3 is 10.4 Å². The number of halogens is 3. The molecular formula is C19H16F3NO3. The summed E-state index contributed by atoms with van der Waals surface area (Å²) in [7, 11) is 0. The van der Waals surface area contributed by atoms with Gasteiger partial charge in [-0.25, -0.2) is 0 Å². The van der Waals surface area contributed by atoms with Crippen molar-refractivity contribution in [2.45, 2.75) is 24.9 Å². The number of carboxylic acid groups (broad SMARTS) is 1. The van der Waals surface area contributed by atoms with Crippen molar-refractivity contribution >= 4 is 17.6 Å². The van der Waals surface area contributed by atoms with Gasteiger partial charge in [-0.15, -0.1) is 0 Å². The summed E-state index contributed by atoms with van der Waals surface area (Å²) in [6.07, 6.45) is -4.00. The molecule has 0 spiro atoms. The van der Waals surface area contributed by atoms with Crippen molar-refractivity contribution in [2.75, 3.05) is 5.32 Å². The van der Waals surface area contributed by atoms with Gasteiger partial charge in [-0.1, -0.05) is 30.3 Å². The Morgan fingerprint density at radius 3 is 2.42 bits per heavy atom. The summed E-state index contributed by atoms with van der Waals surface area (Å²) in [6.45, 7) is 0. The van der Waals surface area contributed by atoms with Crippen LogP contribution in [-0.4, -0.2) is 17.0 Å². The predicted octanol–water partition coefficient (Wildman–Crippen LogP) is 4.07. The van der Waals surface area contributed by atoms with Crippen molar-refractivity contribution in [1.29, 1.82) is 0 Å². The van der Waals surface area contributed by atoms with Crippen LogP contribution in [0.15, 0.2) is 48.5 Å². The lowest BCUT2D eigenvalue weighted by Gasteiger charge is -2.09. The molecule has 26 heavy (non-hydrogen) atoms. The molecule has 2 unspecified atom stereocenters. The summed E-state index contributed by atoms with van der Waals surface area (Å²) in [6, 6.07) is 11.5. The zero-order valence-corrected chi connectivity index (χ0v) is 13.6. The lowest BCUT2D eigenvalue weighted by atomic mass is 10.1. The van der Waals surface area contributed by atoms with Crippen LogP contribution < -0.4 is 5.32 Å². The van der Waals surface area contributed by atoms with E-state index in [1.165, 1.54) is 6.07 Å². The first kappa shape index (κ1) is 18.0. The van der Waals surface area contributed by atoms with Gasteiger partial charge in [-0.3, -0.25) is 9.59 Å². The molecule has 3 rings (SSSR count). The lowest BCUT2D eigenvalue weighted by Crippen LogP contribution is -2.14. The molecular weight excluding hydrogens is 347 g/mol. The van der Waals surface area contributed by atoms with Crippen molar-refractivity contribution < 1.29 is 27.9 Å². The number of aliphatic carboxylic acids is 1. The Morgan fingerprint density at radius 1 is 1.12 bits per heavy atom. The van der Waals surface area contributed by atoms with Gasteiger partial charge in [0.2, 0.25) is 5.91 Å². The molecule has 1 aliphatic rings. The van der Waals surface area contributed by atoms with Crippen LogP contribution in [0.5, 0.6) is 0 Å². The molecule has 4 nitrogen and oxygen atoms in total. The van der Waals surface area contributed by atoms with E-state index < -0.39 is 17.7 Å². The van der Waals surface area contributed by atoms with Gasteiger partial charge in [0.05, 0.1) is 12.0 Å². The highest BCUT2D eigenvalue weighted by Crippen LogP contribution is 2.48. The molecule has 2 N–H and O–H groups in total. The maximum Gasteiger partial charge on any atom is 0.416 e. The van der Waals surface area contributed by atoms with Crippen LogP contribution in [0, 0.1) is 5.92 Å². The van der Waals surface area contributed by atoms with E-state index in [0.717, 1.165) is 12.1 Å². The van der Waals surface area contributed by atoms with Crippen LogP contribution in [-0.2, 0) is 22.2 Å². The molecule has 0 bridgehead atoms. The van der Waals surface area contributed by atoms with Crippen molar-refractivity contribution in [3.05, 3.63) is 65.2 Å². The fourth-order valence-corrected chi connectivity index (χ4v) is 2.91. The van der Waals surface area contributed by atoms with Crippen LogP contribution in [0.3, 0.4) is 0 Å². The molecule has 1 saturated carbocycles. The summed E-state index contributed by atoms with van der Waals surface area (Å²) >= 11 is 0. The zero-order chi connectivity index (χ0) is 18.9. The Bertz CT molecular complexity index is 831. The number of hydrogen-bond acceptors (Lipinski definition) is 2. The number of benzene rings is 2. The zero-order valence-electron chi connectivity index (χ0n) is 13.6. The lowest BCUT2D eigenvalue weighted by molar-refractivity contribution is -0.138. The number of hydrogen-bond donors (Lipinski definition) is 2. The van der Waals surface area contributed by atoms with E-state index in [1.807, 2.05) is 0 Å². The molecule has 1 fully saturated rings. The average Bonchev–Trinajstić information content (AvgIpc) is 3.36. The molecule has 7 heteroatoms.